The second-order valence-corrected chi connectivity index (χ2v) is 6.62. The van der Waals surface area contributed by atoms with Crippen LogP contribution in [0.2, 0.25) is 0 Å². The largest absolute Gasteiger partial charge is 0.493 e. The first-order valence-electron chi connectivity index (χ1n) is 7.40. The fourth-order valence-corrected chi connectivity index (χ4v) is 3.65. The lowest BCUT2D eigenvalue weighted by Crippen LogP contribution is -2.08. The smallest absolute Gasteiger partial charge is 0.122 e. The summed E-state index contributed by atoms with van der Waals surface area (Å²) >= 11 is 3.85. The molecule has 0 bridgehead atoms. The van der Waals surface area contributed by atoms with Crippen molar-refractivity contribution >= 4 is 15.9 Å². The second-order valence-electron chi connectivity index (χ2n) is 5.70. The molecular weight excluding hydrogens is 328 g/mol. The summed E-state index contributed by atoms with van der Waals surface area (Å²) in [5, 5.41) is 0. The summed E-state index contributed by atoms with van der Waals surface area (Å²) in [4.78, 5) is 0.218. The molecule has 1 unspecified atom stereocenters. The zero-order valence-electron chi connectivity index (χ0n) is 11.8. The number of hydrogen-bond acceptors (Lipinski definition) is 2. The Morgan fingerprint density at radius 1 is 0.905 bits per heavy atom. The molecule has 0 aromatic heterocycles. The van der Waals surface area contributed by atoms with Crippen molar-refractivity contribution in [1.29, 1.82) is 0 Å². The van der Waals surface area contributed by atoms with Crippen LogP contribution < -0.4 is 4.74 Å². The van der Waals surface area contributed by atoms with Gasteiger partial charge in [-0.1, -0.05) is 46.3 Å². The van der Waals surface area contributed by atoms with Crippen LogP contribution in [-0.2, 0) is 24.4 Å². The summed E-state index contributed by atoms with van der Waals surface area (Å²) in [7, 11) is 0. The van der Waals surface area contributed by atoms with Crippen LogP contribution in [0.3, 0.4) is 0 Å². The average Bonchev–Trinajstić information content (AvgIpc) is 3.01. The van der Waals surface area contributed by atoms with Crippen molar-refractivity contribution in [3.63, 3.8) is 0 Å². The molecule has 2 aliphatic rings. The van der Waals surface area contributed by atoms with Crippen molar-refractivity contribution in [3.8, 4) is 5.75 Å². The van der Waals surface area contributed by atoms with Gasteiger partial charge in [0, 0.05) is 0 Å². The van der Waals surface area contributed by atoms with Crippen molar-refractivity contribution < 1.29 is 9.47 Å². The van der Waals surface area contributed by atoms with Crippen molar-refractivity contribution in [2.75, 3.05) is 6.61 Å². The number of alkyl halides is 1. The van der Waals surface area contributed by atoms with Gasteiger partial charge in [-0.15, -0.1) is 0 Å². The quantitative estimate of drug-likeness (QED) is 0.745. The minimum absolute atomic E-state index is 0.218. The molecule has 2 aliphatic heterocycles. The van der Waals surface area contributed by atoms with Gasteiger partial charge in [0.05, 0.1) is 24.6 Å². The van der Waals surface area contributed by atoms with Gasteiger partial charge in [0.1, 0.15) is 5.75 Å². The van der Waals surface area contributed by atoms with Crippen LogP contribution in [0.5, 0.6) is 5.75 Å². The SMILES string of the molecule is BrC(c1ccc2c(c1)COC2)c1ccc2c(c1)CCCO2. The van der Waals surface area contributed by atoms with Gasteiger partial charge in [0.2, 0.25) is 0 Å². The molecule has 108 valence electrons. The molecule has 2 heterocycles. The molecule has 2 aromatic carbocycles. The molecule has 21 heavy (non-hydrogen) atoms. The van der Waals surface area contributed by atoms with Crippen LogP contribution in [-0.4, -0.2) is 6.61 Å². The first kappa shape index (κ1) is 13.4. The topological polar surface area (TPSA) is 18.5 Å². The fraction of sp³-hybridized carbons (Fsp3) is 0.333. The monoisotopic (exact) mass is 344 g/mol. The molecule has 0 amide bonds. The first-order valence-corrected chi connectivity index (χ1v) is 8.32. The maximum absolute atomic E-state index is 5.69. The third-order valence-electron chi connectivity index (χ3n) is 4.26. The summed E-state index contributed by atoms with van der Waals surface area (Å²) in [5.74, 6) is 1.05. The molecule has 2 nitrogen and oxygen atoms in total. The maximum Gasteiger partial charge on any atom is 0.122 e. The van der Waals surface area contributed by atoms with E-state index in [1.54, 1.807) is 0 Å². The number of halogens is 1. The van der Waals surface area contributed by atoms with Gasteiger partial charge in [-0.05, 0) is 46.7 Å². The minimum Gasteiger partial charge on any atom is -0.493 e. The van der Waals surface area contributed by atoms with Crippen LogP contribution in [0, 0.1) is 0 Å². The summed E-state index contributed by atoms with van der Waals surface area (Å²) in [6.07, 6.45) is 2.22. The normalized spacial score (nSPS) is 17.8. The summed E-state index contributed by atoms with van der Waals surface area (Å²) in [6.45, 7) is 2.33. The molecular formula is C18H17BrO2. The predicted molar refractivity (Wildman–Crippen MR) is 86.0 cm³/mol. The van der Waals surface area contributed by atoms with E-state index in [1.165, 1.54) is 27.8 Å². The van der Waals surface area contributed by atoms with Crippen LogP contribution in [0.15, 0.2) is 36.4 Å². The lowest BCUT2D eigenvalue weighted by atomic mass is 9.97. The Balaban J connectivity index is 1.66. The summed E-state index contributed by atoms with van der Waals surface area (Å²) in [6, 6.07) is 13.2. The maximum atomic E-state index is 5.69. The van der Waals surface area contributed by atoms with Crippen LogP contribution in [0.25, 0.3) is 0 Å². The molecule has 0 spiro atoms. The number of hydrogen-bond donors (Lipinski definition) is 0. The van der Waals surface area contributed by atoms with E-state index in [2.05, 4.69) is 52.3 Å². The van der Waals surface area contributed by atoms with Crippen molar-refractivity contribution in [2.24, 2.45) is 0 Å². The lowest BCUT2D eigenvalue weighted by molar-refractivity contribution is 0.134. The van der Waals surface area contributed by atoms with E-state index in [0.29, 0.717) is 0 Å². The third-order valence-corrected chi connectivity index (χ3v) is 5.32. The Kier molecular flexibility index (Phi) is 3.48. The van der Waals surface area contributed by atoms with Gasteiger partial charge in [-0.2, -0.15) is 0 Å². The van der Waals surface area contributed by atoms with Gasteiger partial charge >= 0.3 is 0 Å². The van der Waals surface area contributed by atoms with E-state index in [-0.39, 0.29) is 4.83 Å². The number of ether oxygens (including phenoxy) is 2. The van der Waals surface area contributed by atoms with Crippen molar-refractivity contribution in [1.82, 2.24) is 0 Å². The first-order chi connectivity index (χ1) is 10.3. The number of aryl methyl sites for hydroxylation is 1. The number of benzene rings is 2. The highest BCUT2D eigenvalue weighted by Gasteiger charge is 2.18. The van der Waals surface area contributed by atoms with E-state index < -0.39 is 0 Å². The third kappa shape index (κ3) is 2.49. The van der Waals surface area contributed by atoms with E-state index in [1.807, 2.05) is 0 Å². The Hall–Kier alpha value is -1.32. The van der Waals surface area contributed by atoms with Gasteiger partial charge in [-0.3, -0.25) is 0 Å². The van der Waals surface area contributed by atoms with Crippen LogP contribution >= 0.6 is 15.9 Å². The molecule has 0 fully saturated rings. The minimum atomic E-state index is 0.218. The summed E-state index contributed by atoms with van der Waals surface area (Å²) < 4.78 is 11.2. The molecule has 1 atom stereocenters. The van der Waals surface area contributed by atoms with E-state index >= 15 is 0 Å². The standard InChI is InChI=1S/C18H17BrO2/c19-18(13-3-4-15-10-20-11-16(15)9-13)14-5-6-17-12(8-14)2-1-7-21-17/h3-6,8-9,18H,1-2,7,10-11H2. The van der Waals surface area contributed by atoms with E-state index in [9.17, 15) is 0 Å². The Morgan fingerprint density at radius 2 is 1.67 bits per heavy atom. The Labute approximate surface area is 133 Å². The molecule has 2 aromatic rings. The lowest BCUT2D eigenvalue weighted by Gasteiger charge is -2.19. The number of rotatable bonds is 2. The van der Waals surface area contributed by atoms with Gasteiger partial charge in [0.25, 0.3) is 0 Å². The van der Waals surface area contributed by atoms with Crippen molar-refractivity contribution in [2.45, 2.75) is 30.9 Å². The van der Waals surface area contributed by atoms with Crippen LogP contribution in [0.1, 0.15) is 39.1 Å². The fourth-order valence-electron chi connectivity index (χ4n) is 3.08. The van der Waals surface area contributed by atoms with Crippen molar-refractivity contribution in [3.05, 3.63) is 64.2 Å². The number of fused-ring (bicyclic) bond motifs is 2. The highest BCUT2D eigenvalue weighted by molar-refractivity contribution is 9.09. The molecule has 3 heteroatoms. The highest BCUT2D eigenvalue weighted by atomic mass is 79.9. The van der Waals surface area contributed by atoms with Gasteiger partial charge < -0.3 is 9.47 Å². The van der Waals surface area contributed by atoms with Gasteiger partial charge in [0.15, 0.2) is 0 Å². The zero-order valence-corrected chi connectivity index (χ0v) is 13.4. The predicted octanol–water partition coefficient (Wildman–Crippen LogP) is 4.53. The Bertz CT molecular complexity index is 681. The average molecular weight is 345 g/mol. The highest BCUT2D eigenvalue weighted by Crippen LogP contribution is 2.36. The zero-order chi connectivity index (χ0) is 14.2. The van der Waals surface area contributed by atoms with E-state index in [4.69, 9.17) is 9.47 Å². The molecule has 4 rings (SSSR count). The summed E-state index contributed by atoms with van der Waals surface area (Å²) in [5.41, 5.74) is 6.54. The van der Waals surface area contributed by atoms with Crippen LogP contribution in [0.4, 0.5) is 0 Å². The van der Waals surface area contributed by atoms with E-state index in [0.717, 1.165) is 38.4 Å². The molecule has 0 radical (unpaired) electrons. The molecule has 0 N–H and O–H groups in total. The molecule has 0 saturated carbocycles. The van der Waals surface area contributed by atoms with Gasteiger partial charge in [-0.25, -0.2) is 0 Å². The Morgan fingerprint density at radius 3 is 2.57 bits per heavy atom. The molecule has 0 aliphatic carbocycles. The molecule has 0 saturated heterocycles. The second kappa shape index (κ2) is 5.47.